The second-order valence-electron chi connectivity index (χ2n) is 8.92. The second kappa shape index (κ2) is 9.99. The van der Waals surface area contributed by atoms with E-state index in [0.717, 1.165) is 5.56 Å². The average molecular weight is 469 g/mol. The third kappa shape index (κ3) is 5.16. The van der Waals surface area contributed by atoms with Gasteiger partial charge in [0.25, 0.3) is 0 Å². The van der Waals surface area contributed by atoms with E-state index in [1.165, 1.54) is 36.4 Å². The third-order valence-electron chi connectivity index (χ3n) is 6.56. The number of β-amino-alcohol motifs (C(OH)–C–C–N with tert-alkyl or cyclic N) is 1. The number of nitrogens with one attached hydrogen (secondary N) is 1. The molecule has 3 aromatic carbocycles. The van der Waals surface area contributed by atoms with Crippen molar-refractivity contribution in [3.8, 4) is 0 Å². The molecule has 2 atom stereocenters. The Bertz CT molecular complexity index is 1070. The van der Waals surface area contributed by atoms with Gasteiger partial charge in [0.05, 0.1) is 17.6 Å². The van der Waals surface area contributed by atoms with Crippen LogP contribution in [0, 0.1) is 17.5 Å². The molecule has 1 unspecified atom stereocenters. The molecule has 2 N–H and O–H groups in total. The summed E-state index contributed by atoms with van der Waals surface area (Å²) in [4.78, 5) is 15.9. The number of aliphatic hydroxyl groups is 1. The molecule has 0 bridgehead atoms. The molecule has 1 aliphatic rings. The van der Waals surface area contributed by atoms with Gasteiger partial charge in [0.2, 0.25) is 5.91 Å². The minimum Gasteiger partial charge on any atom is -0.392 e. The molecular formula is C27H27F3N2O2. The molecule has 4 rings (SSSR count). The summed E-state index contributed by atoms with van der Waals surface area (Å²) < 4.78 is 40.9. The molecule has 0 spiro atoms. The van der Waals surface area contributed by atoms with Crippen LogP contribution >= 0.6 is 0 Å². The monoisotopic (exact) mass is 468 g/mol. The first kappa shape index (κ1) is 24.0. The van der Waals surface area contributed by atoms with E-state index in [2.05, 4.69) is 5.32 Å². The van der Waals surface area contributed by atoms with Gasteiger partial charge in [-0.25, -0.2) is 13.2 Å². The summed E-state index contributed by atoms with van der Waals surface area (Å²) in [6.07, 6.45) is 0.223. The molecule has 1 saturated heterocycles. The Labute approximate surface area is 197 Å². The minimum absolute atomic E-state index is 0.361. The van der Waals surface area contributed by atoms with Gasteiger partial charge >= 0.3 is 0 Å². The Morgan fingerprint density at radius 1 is 0.941 bits per heavy atom. The first-order valence-corrected chi connectivity index (χ1v) is 11.2. The van der Waals surface area contributed by atoms with E-state index >= 15 is 0 Å². The molecule has 1 aliphatic heterocycles. The van der Waals surface area contributed by atoms with Crippen molar-refractivity contribution in [2.45, 2.75) is 30.9 Å². The summed E-state index contributed by atoms with van der Waals surface area (Å²) in [5, 5.41) is 13.0. The fraction of sp³-hybridized carbons (Fsp3) is 0.296. The third-order valence-corrected chi connectivity index (χ3v) is 6.56. The summed E-state index contributed by atoms with van der Waals surface area (Å²) in [7, 11) is 0. The zero-order chi connectivity index (χ0) is 24.3. The number of carbonyl (C=O) groups is 1. The molecule has 0 aliphatic carbocycles. The standard InChI is InChI=1S/C27H27F3N2O2/c1-27(19-4-10-22(29)11-5-19,20-6-12-23(30)13-7-20)26(34)31-25(17-32-15-14-24(33)16-32)18-2-8-21(28)9-3-18/h2-13,24-25,33H,14-17H2,1H3,(H,31,34)/t24?,25-/m1/s1. The van der Waals surface area contributed by atoms with Crippen LogP contribution in [0.25, 0.3) is 0 Å². The highest BCUT2D eigenvalue weighted by molar-refractivity contribution is 5.92. The molecule has 0 radical (unpaired) electrons. The Hall–Kier alpha value is -3.16. The quantitative estimate of drug-likeness (QED) is 0.543. The number of likely N-dealkylation sites (tertiary alicyclic amines) is 1. The fourth-order valence-electron chi connectivity index (χ4n) is 4.46. The summed E-state index contributed by atoms with van der Waals surface area (Å²) in [6, 6.07) is 16.8. The number of carbonyl (C=O) groups excluding carboxylic acids is 1. The van der Waals surface area contributed by atoms with Crippen molar-refractivity contribution in [3.63, 3.8) is 0 Å². The average Bonchev–Trinajstić information content (AvgIpc) is 3.24. The molecular weight excluding hydrogens is 441 g/mol. The Balaban J connectivity index is 1.69. The highest BCUT2D eigenvalue weighted by Gasteiger charge is 2.39. The van der Waals surface area contributed by atoms with Gasteiger partial charge in [-0.2, -0.15) is 0 Å². The van der Waals surface area contributed by atoms with Crippen molar-refractivity contribution in [1.82, 2.24) is 10.2 Å². The van der Waals surface area contributed by atoms with Crippen molar-refractivity contribution in [2.24, 2.45) is 0 Å². The Morgan fingerprint density at radius 3 is 1.85 bits per heavy atom. The van der Waals surface area contributed by atoms with E-state index in [4.69, 9.17) is 0 Å². The van der Waals surface area contributed by atoms with Crippen LogP contribution in [0.5, 0.6) is 0 Å². The smallest absolute Gasteiger partial charge is 0.235 e. The maximum Gasteiger partial charge on any atom is 0.235 e. The summed E-state index contributed by atoms with van der Waals surface area (Å²) in [5.41, 5.74) is 0.570. The molecule has 0 saturated carbocycles. The molecule has 1 amide bonds. The topological polar surface area (TPSA) is 52.6 Å². The second-order valence-corrected chi connectivity index (χ2v) is 8.92. The van der Waals surface area contributed by atoms with Gasteiger partial charge < -0.3 is 10.4 Å². The highest BCUT2D eigenvalue weighted by Crippen LogP contribution is 2.34. The van der Waals surface area contributed by atoms with Gasteiger partial charge in [-0.1, -0.05) is 36.4 Å². The number of rotatable bonds is 7. The van der Waals surface area contributed by atoms with Crippen molar-refractivity contribution in [2.75, 3.05) is 19.6 Å². The lowest BCUT2D eigenvalue weighted by Gasteiger charge is -2.33. The van der Waals surface area contributed by atoms with Gasteiger partial charge in [0, 0.05) is 19.6 Å². The van der Waals surface area contributed by atoms with Crippen LogP contribution in [0.3, 0.4) is 0 Å². The number of hydrogen-bond donors (Lipinski definition) is 2. The molecule has 0 aromatic heterocycles. The Morgan fingerprint density at radius 2 is 1.41 bits per heavy atom. The molecule has 3 aromatic rings. The molecule has 7 heteroatoms. The predicted molar refractivity (Wildman–Crippen MR) is 124 cm³/mol. The lowest BCUT2D eigenvalue weighted by Crippen LogP contribution is -2.47. The van der Waals surface area contributed by atoms with E-state index < -0.39 is 29.2 Å². The van der Waals surface area contributed by atoms with Crippen molar-refractivity contribution < 1.29 is 23.1 Å². The maximum absolute atomic E-state index is 13.9. The highest BCUT2D eigenvalue weighted by atomic mass is 19.1. The van der Waals surface area contributed by atoms with E-state index in [1.807, 2.05) is 4.90 Å². The van der Waals surface area contributed by atoms with Crippen molar-refractivity contribution in [1.29, 1.82) is 0 Å². The van der Waals surface area contributed by atoms with Crippen molar-refractivity contribution >= 4 is 5.91 Å². The van der Waals surface area contributed by atoms with Crippen LogP contribution in [0.4, 0.5) is 13.2 Å². The number of nitrogens with zero attached hydrogens (tertiary/aromatic N) is 1. The van der Waals surface area contributed by atoms with Crippen LogP contribution in [-0.2, 0) is 10.2 Å². The van der Waals surface area contributed by atoms with Crippen LogP contribution < -0.4 is 5.32 Å². The van der Waals surface area contributed by atoms with E-state index in [0.29, 0.717) is 37.2 Å². The SMILES string of the molecule is CC(C(=O)N[C@H](CN1CCC(O)C1)c1ccc(F)cc1)(c1ccc(F)cc1)c1ccc(F)cc1. The maximum atomic E-state index is 13.9. The zero-order valence-corrected chi connectivity index (χ0v) is 18.8. The largest absolute Gasteiger partial charge is 0.392 e. The summed E-state index contributed by atoms with van der Waals surface area (Å²) in [5.74, 6) is -1.60. The predicted octanol–water partition coefficient (Wildman–Crippen LogP) is 4.33. The van der Waals surface area contributed by atoms with Crippen LogP contribution in [0.15, 0.2) is 72.8 Å². The van der Waals surface area contributed by atoms with E-state index in [1.54, 1.807) is 43.3 Å². The van der Waals surface area contributed by atoms with Gasteiger partial charge in [0.1, 0.15) is 17.5 Å². The van der Waals surface area contributed by atoms with Crippen LogP contribution in [-0.4, -0.2) is 41.7 Å². The van der Waals surface area contributed by atoms with Crippen LogP contribution in [0.1, 0.15) is 36.1 Å². The number of benzene rings is 3. The minimum atomic E-state index is -1.25. The van der Waals surface area contributed by atoms with Crippen molar-refractivity contribution in [3.05, 3.63) is 107 Å². The van der Waals surface area contributed by atoms with E-state index in [9.17, 15) is 23.1 Å². The zero-order valence-electron chi connectivity index (χ0n) is 18.8. The Kier molecular flexibility index (Phi) is 7.05. The molecule has 4 nitrogen and oxygen atoms in total. The molecule has 34 heavy (non-hydrogen) atoms. The summed E-state index contributed by atoms with van der Waals surface area (Å²) in [6.45, 7) is 3.31. The normalized spacial score (nSPS) is 17.5. The molecule has 178 valence electrons. The first-order valence-electron chi connectivity index (χ1n) is 11.2. The lowest BCUT2D eigenvalue weighted by molar-refractivity contribution is -0.125. The molecule has 1 heterocycles. The van der Waals surface area contributed by atoms with Gasteiger partial charge in [-0.15, -0.1) is 0 Å². The molecule has 1 fully saturated rings. The number of amides is 1. The van der Waals surface area contributed by atoms with E-state index in [-0.39, 0.29) is 11.7 Å². The number of hydrogen-bond acceptors (Lipinski definition) is 3. The number of aliphatic hydroxyl groups excluding tert-OH is 1. The number of halogens is 3. The van der Waals surface area contributed by atoms with Gasteiger partial charge in [-0.3, -0.25) is 9.69 Å². The van der Waals surface area contributed by atoms with Crippen LogP contribution in [0.2, 0.25) is 0 Å². The fourth-order valence-corrected chi connectivity index (χ4v) is 4.46. The van der Waals surface area contributed by atoms with Gasteiger partial charge in [-0.05, 0) is 66.4 Å². The first-order chi connectivity index (χ1) is 16.3. The summed E-state index contributed by atoms with van der Waals surface area (Å²) >= 11 is 0. The lowest BCUT2D eigenvalue weighted by atomic mass is 9.75. The van der Waals surface area contributed by atoms with Gasteiger partial charge in [0.15, 0.2) is 0 Å².